The summed E-state index contributed by atoms with van der Waals surface area (Å²) in [7, 11) is 6.84. The fourth-order valence-electron chi connectivity index (χ4n) is 5.20. The first-order valence-electron chi connectivity index (χ1n) is 10.7. The maximum Gasteiger partial charge on any atom is 0.0458 e. The molecule has 2 fully saturated rings. The lowest BCUT2D eigenvalue weighted by Gasteiger charge is -2.49. The minimum absolute atomic E-state index is 0.223. The zero-order valence-electron chi connectivity index (χ0n) is 17.7. The first-order valence-corrected chi connectivity index (χ1v) is 10.7. The van der Waals surface area contributed by atoms with Crippen molar-refractivity contribution in [2.24, 2.45) is 0 Å². The van der Waals surface area contributed by atoms with Crippen molar-refractivity contribution in [1.82, 2.24) is 14.7 Å². The van der Waals surface area contributed by atoms with E-state index in [0.29, 0.717) is 0 Å². The van der Waals surface area contributed by atoms with Crippen LogP contribution in [0.2, 0.25) is 0 Å². The van der Waals surface area contributed by atoms with E-state index in [4.69, 9.17) is 0 Å². The maximum atomic E-state index is 2.76. The van der Waals surface area contributed by atoms with E-state index in [0.717, 1.165) is 18.9 Å². The highest BCUT2D eigenvalue weighted by atomic mass is 15.3. The molecule has 0 atom stereocenters. The van der Waals surface area contributed by atoms with Crippen molar-refractivity contribution in [2.45, 2.75) is 64.0 Å². The number of hydrogen-bond donors (Lipinski definition) is 0. The number of nitrogens with zero attached hydrogens (tertiary/aromatic N) is 3. The number of benzene rings is 1. The van der Waals surface area contributed by atoms with Gasteiger partial charge >= 0.3 is 0 Å². The molecule has 1 saturated heterocycles. The molecule has 1 aromatic rings. The molecule has 0 amide bonds. The van der Waals surface area contributed by atoms with Gasteiger partial charge in [0.25, 0.3) is 0 Å². The van der Waals surface area contributed by atoms with E-state index in [2.05, 4.69) is 67.9 Å². The molecule has 0 unspecified atom stereocenters. The molecule has 1 aliphatic carbocycles. The van der Waals surface area contributed by atoms with Gasteiger partial charge in [-0.05, 0) is 76.4 Å². The van der Waals surface area contributed by atoms with E-state index in [-0.39, 0.29) is 5.54 Å². The van der Waals surface area contributed by atoms with Gasteiger partial charge in [-0.3, -0.25) is 9.80 Å². The van der Waals surface area contributed by atoms with Gasteiger partial charge in [-0.2, -0.15) is 0 Å². The molecule has 26 heavy (non-hydrogen) atoms. The molecule has 0 N–H and O–H groups in total. The Kier molecular flexibility index (Phi) is 6.42. The zero-order chi connectivity index (χ0) is 18.7. The maximum absolute atomic E-state index is 2.76. The Hall–Kier alpha value is -0.900. The van der Waals surface area contributed by atoms with E-state index in [1.165, 1.54) is 57.4 Å². The molecule has 3 rings (SSSR count). The standard InChI is InChI=1S/C23H39N3/c1-6-19-8-9-22(20(7-2)18-19)23(24(3)4)12-10-21(11-13-23)26-16-14-25(5)15-17-26/h8-9,18,21H,6-7,10-17H2,1-5H3. The van der Waals surface area contributed by atoms with Gasteiger partial charge in [0, 0.05) is 37.8 Å². The van der Waals surface area contributed by atoms with Crippen molar-refractivity contribution < 1.29 is 0 Å². The molecule has 0 spiro atoms. The number of likely N-dealkylation sites (N-methyl/N-ethyl adjacent to an activating group) is 1. The smallest absolute Gasteiger partial charge is 0.0458 e. The first kappa shape index (κ1) is 19.9. The van der Waals surface area contributed by atoms with Crippen molar-refractivity contribution in [3.05, 3.63) is 34.9 Å². The molecular formula is C23H39N3. The molecular weight excluding hydrogens is 318 g/mol. The van der Waals surface area contributed by atoms with Gasteiger partial charge in [-0.15, -0.1) is 0 Å². The van der Waals surface area contributed by atoms with Crippen LogP contribution in [0.4, 0.5) is 0 Å². The van der Waals surface area contributed by atoms with Gasteiger partial charge in [0.1, 0.15) is 0 Å². The molecule has 3 nitrogen and oxygen atoms in total. The average Bonchev–Trinajstić information content (AvgIpc) is 2.68. The summed E-state index contributed by atoms with van der Waals surface area (Å²) in [5, 5.41) is 0. The molecule has 1 aromatic carbocycles. The molecule has 0 radical (unpaired) electrons. The summed E-state index contributed by atoms with van der Waals surface area (Å²) in [5.41, 5.74) is 4.86. The Balaban J connectivity index is 1.78. The Bertz CT molecular complexity index is 579. The van der Waals surface area contributed by atoms with Crippen LogP contribution in [0.3, 0.4) is 0 Å². The first-order chi connectivity index (χ1) is 12.5. The largest absolute Gasteiger partial charge is 0.304 e. The van der Waals surface area contributed by atoms with Crippen molar-refractivity contribution in [3.63, 3.8) is 0 Å². The van der Waals surface area contributed by atoms with Crippen LogP contribution in [0.5, 0.6) is 0 Å². The Labute approximate surface area is 161 Å². The summed E-state index contributed by atoms with van der Waals surface area (Å²) >= 11 is 0. The third-order valence-corrected chi connectivity index (χ3v) is 7.15. The van der Waals surface area contributed by atoms with Crippen molar-refractivity contribution in [3.8, 4) is 0 Å². The summed E-state index contributed by atoms with van der Waals surface area (Å²) in [6, 6.07) is 8.07. The van der Waals surface area contributed by atoms with E-state index in [9.17, 15) is 0 Å². The normalized spacial score (nSPS) is 28.6. The Morgan fingerprint density at radius 1 is 1.00 bits per heavy atom. The molecule has 1 saturated carbocycles. The van der Waals surface area contributed by atoms with Crippen molar-refractivity contribution in [1.29, 1.82) is 0 Å². The summed E-state index contributed by atoms with van der Waals surface area (Å²) in [6.07, 6.45) is 7.51. The van der Waals surface area contributed by atoms with Gasteiger partial charge in [-0.25, -0.2) is 0 Å². The van der Waals surface area contributed by atoms with Gasteiger partial charge in [0.15, 0.2) is 0 Å². The molecule has 1 aliphatic heterocycles. The summed E-state index contributed by atoms with van der Waals surface area (Å²) in [5.74, 6) is 0. The lowest BCUT2D eigenvalue weighted by Crippen LogP contribution is -2.53. The summed E-state index contributed by atoms with van der Waals surface area (Å²) in [6.45, 7) is 9.54. The van der Waals surface area contributed by atoms with E-state index >= 15 is 0 Å². The summed E-state index contributed by atoms with van der Waals surface area (Å²) < 4.78 is 0. The lowest BCUT2D eigenvalue weighted by molar-refractivity contribution is 0.0310. The van der Waals surface area contributed by atoms with Crippen LogP contribution in [0, 0.1) is 0 Å². The van der Waals surface area contributed by atoms with E-state index in [1.807, 2.05) is 0 Å². The third kappa shape index (κ3) is 3.85. The molecule has 146 valence electrons. The van der Waals surface area contributed by atoms with Crippen LogP contribution < -0.4 is 0 Å². The molecule has 0 aromatic heterocycles. The van der Waals surface area contributed by atoms with Crippen LogP contribution in [0.1, 0.15) is 56.2 Å². The van der Waals surface area contributed by atoms with Crippen LogP contribution in [-0.2, 0) is 18.4 Å². The second-order valence-electron chi connectivity index (χ2n) is 8.70. The van der Waals surface area contributed by atoms with Crippen molar-refractivity contribution in [2.75, 3.05) is 47.3 Å². The van der Waals surface area contributed by atoms with Crippen LogP contribution in [-0.4, -0.2) is 68.1 Å². The van der Waals surface area contributed by atoms with Crippen molar-refractivity contribution >= 4 is 0 Å². The quantitative estimate of drug-likeness (QED) is 0.794. The second kappa shape index (κ2) is 8.41. The number of piperazine rings is 1. The second-order valence-corrected chi connectivity index (χ2v) is 8.70. The van der Waals surface area contributed by atoms with Crippen LogP contribution >= 0.6 is 0 Å². The van der Waals surface area contributed by atoms with Crippen LogP contribution in [0.15, 0.2) is 18.2 Å². The molecule has 0 bridgehead atoms. The van der Waals surface area contributed by atoms with Gasteiger partial charge in [0.2, 0.25) is 0 Å². The predicted octanol–water partition coefficient (Wildman–Crippen LogP) is 3.76. The minimum atomic E-state index is 0.223. The predicted molar refractivity (Wildman–Crippen MR) is 112 cm³/mol. The fourth-order valence-corrected chi connectivity index (χ4v) is 5.20. The molecule has 2 aliphatic rings. The fraction of sp³-hybridized carbons (Fsp3) is 0.739. The highest BCUT2D eigenvalue weighted by Crippen LogP contribution is 2.44. The Morgan fingerprint density at radius 2 is 1.65 bits per heavy atom. The number of rotatable bonds is 5. The third-order valence-electron chi connectivity index (χ3n) is 7.15. The highest BCUT2D eigenvalue weighted by molar-refractivity contribution is 5.38. The van der Waals surface area contributed by atoms with Gasteiger partial charge < -0.3 is 4.90 Å². The molecule has 1 heterocycles. The van der Waals surface area contributed by atoms with Gasteiger partial charge in [-0.1, -0.05) is 32.0 Å². The van der Waals surface area contributed by atoms with E-state index in [1.54, 1.807) is 11.1 Å². The van der Waals surface area contributed by atoms with E-state index < -0.39 is 0 Å². The zero-order valence-corrected chi connectivity index (χ0v) is 17.7. The summed E-state index contributed by atoms with van der Waals surface area (Å²) in [4.78, 5) is 7.75. The number of hydrogen-bond acceptors (Lipinski definition) is 3. The minimum Gasteiger partial charge on any atom is -0.304 e. The number of aryl methyl sites for hydroxylation is 2. The topological polar surface area (TPSA) is 9.72 Å². The SMILES string of the molecule is CCc1ccc(C2(N(C)C)CCC(N3CCN(C)CC3)CC2)c(CC)c1. The Morgan fingerprint density at radius 3 is 2.19 bits per heavy atom. The van der Waals surface area contributed by atoms with Gasteiger partial charge in [0.05, 0.1) is 0 Å². The molecule has 3 heteroatoms. The monoisotopic (exact) mass is 357 g/mol. The van der Waals surface area contributed by atoms with Crippen LogP contribution in [0.25, 0.3) is 0 Å². The highest BCUT2D eigenvalue weighted by Gasteiger charge is 2.41. The average molecular weight is 358 g/mol. The lowest BCUT2D eigenvalue weighted by atomic mass is 9.71.